The summed E-state index contributed by atoms with van der Waals surface area (Å²) >= 11 is 1.65. The monoisotopic (exact) mass is 398 g/mol. The zero-order chi connectivity index (χ0) is 18.9. The van der Waals surface area contributed by atoms with Crippen molar-refractivity contribution in [3.05, 3.63) is 40.3 Å². The van der Waals surface area contributed by atoms with Gasteiger partial charge in [-0.2, -0.15) is 17.7 Å². The largest absolute Gasteiger partial charge is 0.453 e. The van der Waals surface area contributed by atoms with Crippen molar-refractivity contribution >= 4 is 22.8 Å². The number of hydrogen-bond acceptors (Lipinski definition) is 7. The molecule has 27 heavy (non-hydrogen) atoms. The van der Waals surface area contributed by atoms with E-state index < -0.39 is 12.0 Å². The molecule has 0 aromatic carbocycles. The molecule has 4 rings (SSSR count). The zero-order valence-corrected chi connectivity index (χ0v) is 15.0. The van der Waals surface area contributed by atoms with E-state index in [-0.39, 0.29) is 11.7 Å². The fraction of sp³-hybridized carbons (Fsp3) is 0.438. The lowest BCUT2D eigenvalue weighted by molar-refractivity contribution is -0.146. The van der Waals surface area contributed by atoms with Gasteiger partial charge in [-0.25, -0.2) is 0 Å². The molecule has 0 spiro atoms. The molecule has 0 aliphatic carbocycles. The number of alkyl halides is 3. The summed E-state index contributed by atoms with van der Waals surface area (Å²) in [7, 11) is 0. The van der Waals surface area contributed by atoms with Gasteiger partial charge >= 0.3 is 6.18 Å². The van der Waals surface area contributed by atoms with E-state index in [1.807, 2.05) is 11.4 Å². The van der Waals surface area contributed by atoms with Crippen molar-refractivity contribution in [1.82, 2.24) is 24.7 Å². The third kappa shape index (κ3) is 3.89. The molecule has 1 atom stereocenters. The highest BCUT2D eigenvalue weighted by Gasteiger charge is 2.37. The Morgan fingerprint density at radius 2 is 2.00 bits per heavy atom. The summed E-state index contributed by atoms with van der Waals surface area (Å²) in [4.78, 5) is 3.49. The van der Waals surface area contributed by atoms with Crippen molar-refractivity contribution < 1.29 is 17.9 Å². The second kappa shape index (κ2) is 7.41. The van der Waals surface area contributed by atoms with Gasteiger partial charge in [0.2, 0.25) is 0 Å². The zero-order valence-electron chi connectivity index (χ0n) is 14.2. The number of ether oxygens (including phenoxy) is 1. The first-order chi connectivity index (χ1) is 13.0. The van der Waals surface area contributed by atoms with Crippen LogP contribution in [0.1, 0.15) is 16.7 Å². The number of morpholine rings is 1. The van der Waals surface area contributed by atoms with Gasteiger partial charge in [0.1, 0.15) is 5.82 Å². The molecule has 3 aromatic heterocycles. The lowest BCUT2D eigenvalue weighted by atomic mass is 10.2. The summed E-state index contributed by atoms with van der Waals surface area (Å²) in [5.74, 6) is -0.799. The summed E-state index contributed by atoms with van der Waals surface area (Å²) in [5.41, 5.74) is 0.0517. The Bertz CT molecular complexity index is 891. The molecule has 1 aliphatic rings. The van der Waals surface area contributed by atoms with Gasteiger partial charge < -0.3 is 10.1 Å². The highest BCUT2D eigenvalue weighted by molar-refractivity contribution is 7.10. The summed E-state index contributed by atoms with van der Waals surface area (Å²) in [5, 5.41) is 15.9. The minimum Gasteiger partial charge on any atom is -0.379 e. The van der Waals surface area contributed by atoms with Crippen molar-refractivity contribution in [2.24, 2.45) is 0 Å². The van der Waals surface area contributed by atoms with E-state index in [9.17, 15) is 13.2 Å². The highest BCUT2D eigenvalue weighted by Crippen LogP contribution is 2.28. The molecule has 4 heterocycles. The number of rotatable bonds is 5. The highest BCUT2D eigenvalue weighted by atomic mass is 32.1. The van der Waals surface area contributed by atoms with Crippen molar-refractivity contribution in [2.75, 3.05) is 38.2 Å². The molecule has 11 heteroatoms. The van der Waals surface area contributed by atoms with Crippen LogP contribution in [0.25, 0.3) is 5.65 Å². The second-order valence-electron chi connectivity index (χ2n) is 6.07. The maximum absolute atomic E-state index is 13.0. The standard InChI is InChI=1S/C16H17F3N6OS/c17-16(18,19)15-22-21-14-4-3-13(23-25(14)15)20-10-11(12-2-1-9-27-12)24-5-7-26-8-6-24/h1-4,9,11H,5-8,10H2,(H,20,23)/t11-/m0/s1. The van der Waals surface area contributed by atoms with E-state index in [0.29, 0.717) is 25.6 Å². The van der Waals surface area contributed by atoms with Gasteiger partial charge in [-0.1, -0.05) is 6.07 Å². The van der Waals surface area contributed by atoms with Gasteiger partial charge in [-0.3, -0.25) is 4.90 Å². The second-order valence-corrected chi connectivity index (χ2v) is 7.05. The normalized spacial score (nSPS) is 17.3. The Hall–Kier alpha value is -2.24. The Morgan fingerprint density at radius 3 is 2.70 bits per heavy atom. The van der Waals surface area contributed by atoms with Crippen LogP contribution in [0.3, 0.4) is 0 Å². The predicted molar refractivity (Wildman–Crippen MR) is 93.7 cm³/mol. The van der Waals surface area contributed by atoms with Crippen LogP contribution < -0.4 is 5.32 Å². The number of nitrogens with zero attached hydrogens (tertiary/aromatic N) is 5. The summed E-state index contributed by atoms with van der Waals surface area (Å²) in [6, 6.07) is 7.21. The van der Waals surface area contributed by atoms with E-state index in [0.717, 1.165) is 17.6 Å². The van der Waals surface area contributed by atoms with Gasteiger partial charge in [-0.05, 0) is 23.6 Å². The number of anilines is 1. The average Bonchev–Trinajstić information content (AvgIpc) is 3.32. The lowest BCUT2D eigenvalue weighted by Crippen LogP contribution is -2.41. The molecule has 7 nitrogen and oxygen atoms in total. The van der Waals surface area contributed by atoms with Crippen LogP contribution in [-0.2, 0) is 10.9 Å². The number of thiophene rings is 1. The van der Waals surface area contributed by atoms with E-state index in [1.54, 1.807) is 17.4 Å². The average molecular weight is 398 g/mol. The molecule has 144 valence electrons. The van der Waals surface area contributed by atoms with Crippen molar-refractivity contribution in [3.8, 4) is 0 Å². The molecular formula is C16H17F3N6OS. The lowest BCUT2D eigenvalue weighted by Gasteiger charge is -2.34. The maximum Gasteiger partial charge on any atom is 0.453 e. The third-order valence-corrected chi connectivity index (χ3v) is 5.32. The SMILES string of the molecule is FC(F)(F)c1nnc2ccc(NC[C@@H](c3cccs3)N3CCOCC3)nn12. The Labute approximate surface area is 156 Å². The van der Waals surface area contributed by atoms with Crippen LogP contribution in [0.4, 0.5) is 19.0 Å². The number of halogens is 3. The quantitative estimate of drug-likeness (QED) is 0.713. The molecule has 1 saturated heterocycles. The van der Waals surface area contributed by atoms with Crippen LogP contribution in [0, 0.1) is 0 Å². The first-order valence-corrected chi connectivity index (χ1v) is 9.29. The first-order valence-electron chi connectivity index (χ1n) is 8.41. The first kappa shape index (κ1) is 18.1. The molecule has 0 radical (unpaired) electrons. The van der Waals surface area contributed by atoms with Crippen LogP contribution in [0.15, 0.2) is 29.6 Å². The van der Waals surface area contributed by atoms with E-state index in [4.69, 9.17) is 4.74 Å². The Morgan fingerprint density at radius 1 is 1.19 bits per heavy atom. The molecule has 0 bridgehead atoms. The number of nitrogens with one attached hydrogen (secondary N) is 1. The van der Waals surface area contributed by atoms with E-state index in [2.05, 4.69) is 31.6 Å². The van der Waals surface area contributed by atoms with Gasteiger partial charge in [0.15, 0.2) is 5.65 Å². The van der Waals surface area contributed by atoms with Crippen molar-refractivity contribution in [1.29, 1.82) is 0 Å². The van der Waals surface area contributed by atoms with Crippen molar-refractivity contribution in [3.63, 3.8) is 0 Å². The molecule has 0 unspecified atom stereocenters. The molecule has 0 amide bonds. The van der Waals surface area contributed by atoms with Crippen LogP contribution in [0.5, 0.6) is 0 Å². The van der Waals surface area contributed by atoms with Crippen LogP contribution in [0.2, 0.25) is 0 Å². The molecule has 1 fully saturated rings. The van der Waals surface area contributed by atoms with E-state index >= 15 is 0 Å². The number of fused-ring (bicyclic) bond motifs is 1. The number of aromatic nitrogens is 4. The topological polar surface area (TPSA) is 67.6 Å². The Kier molecular flexibility index (Phi) is 4.98. The minimum absolute atomic E-state index is 0.0517. The fourth-order valence-electron chi connectivity index (χ4n) is 3.04. The maximum atomic E-state index is 13.0. The number of hydrogen-bond donors (Lipinski definition) is 1. The summed E-state index contributed by atoms with van der Waals surface area (Å²) in [6.07, 6.45) is -4.61. The summed E-state index contributed by atoms with van der Waals surface area (Å²) in [6.45, 7) is 3.46. The van der Waals surface area contributed by atoms with Gasteiger partial charge in [0.25, 0.3) is 5.82 Å². The molecule has 3 aromatic rings. The van der Waals surface area contributed by atoms with Crippen LogP contribution in [-0.4, -0.2) is 57.6 Å². The molecular weight excluding hydrogens is 381 g/mol. The minimum atomic E-state index is -4.61. The van der Waals surface area contributed by atoms with Crippen molar-refractivity contribution in [2.45, 2.75) is 12.2 Å². The Balaban J connectivity index is 1.55. The molecule has 0 saturated carbocycles. The third-order valence-electron chi connectivity index (χ3n) is 4.35. The van der Waals surface area contributed by atoms with E-state index in [1.165, 1.54) is 10.9 Å². The molecule has 1 aliphatic heterocycles. The van der Waals surface area contributed by atoms with Gasteiger partial charge in [0.05, 0.1) is 19.3 Å². The summed E-state index contributed by atoms with van der Waals surface area (Å²) < 4.78 is 45.2. The molecule has 1 N–H and O–H groups in total. The van der Waals surface area contributed by atoms with Gasteiger partial charge in [0, 0.05) is 24.5 Å². The fourth-order valence-corrected chi connectivity index (χ4v) is 3.90. The predicted octanol–water partition coefficient (Wildman–Crippen LogP) is 2.69. The van der Waals surface area contributed by atoms with Gasteiger partial charge in [-0.15, -0.1) is 26.6 Å². The smallest absolute Gasteiger partial charge is 0.379 e. The van der Waals surface area contributed by atoms with Crippen LogP contribution >= 0.6 is 11.3 Å².